The molecular formula is C10H9FN2NaO2. The quantitative estimate of drug-likeness (QED) is 0.783. The Hall–Kier alpha value is -0.910. The molecule has 1 N–H and O–H groups in total. The molecule has 1 aromatic carbocycles. The zero-order chi connectivity index (χ0) is 11.0. The van der Waals surface area contributed by atoms with E-state index in [9.17, 15) is 9.18 Å². The molecular weight excluding hydrogens is 222 g/mol. The molecule has 0 aliphatic carbocycles. The van der Waals surface area contributed by atoms with Crippen molar-refractivity contribution < 1.29 is 14.3 Å². The van der Waals surface area contributed by atoms with E-state index in [0.717, 1.165) is 0 Å². The van der Waals surface area contributed by atoms with Crippen molar-refractivity contribution in [2.75, 3.05) is 0 Å². The van der Waals surface area contributed by atoms with Gasteiger partial charge in [0, 0.05) is 36.6 Å². The molecule has 1 aromatic heterocycles. The second-order valence-corrected chi connectivity index (χ2v) is 3.29. The number of halogens is 1. The van der Waals surface area contributed by atoms with E-state index < -0.39 is 5.97 Å². The third-order valence-corrected chi connectivity index (χ3v) is 2.24. The Morgan fingerprint density at radius 1 is 1.56 bits per heavy atom. The minimum atomic E-state index is -0.950. The number of aromatic nitrogens is 2. The van der Waals surface area contributed by atoms with Crippen LogP contribution in [-0.2, 0) is 18.3 Å². The maximum absolute atomic E-state index is 12.9. The van der Waals surface area contributed by atoms with Crippen molar-refractivity contribution in [3.8, 4) is 0 Å². The number of carboxylic acid groups (broad SMARTS) is 1. The topological polar surface area (TPSA) is 55.1 Å². The molecule has 6 heteroatoms. The van der Waals surface area contributed by atoms with Crippen LogP contribution in [0.1, 0.15) is 5.82 Å². The Balaban J connectivity index is 0.00000128. The Labute approximate surface area is 113 Å². The van der Waals surface area contributed by atoms with Gasteiger partial charge in [0.2, 0.25) is 0 Å². The van der Waals surface area contributed by atoms with Gasteiger partial charge in [0.05, 0.1) is 11.0 Å². The molecule has 0 atom stereocenters. The van der Waals surface area contributed by atoms with Gasteiger partial charge in [0.15, 0.2) is 0 Å². The van der Waals surface area contributed by atoms with E-state index in [0.29, 0.717) is 16.9 Å². The largest absolute Gasteiger partial charge is 0.481 e. The first-order chi connectivity index (χ1) is 7.08. The third kappa shape index (κ3) is 2.42. The van der Waals surface area contributed by atoms with E-state index >= 15 is 0 Å². The number of carboxylic acids is 1. The van der Waals surface area contributed by atoms with Crippen molar-refractivity contribution in [3.63, 3.8) is 0 Å². The number of aryl methyl sites for hydroxylation is 1. The van der Waals surface area contributed by atoms with Gasteiger partial charge in [-0.2, -0.15) is 0 Å². The molecule has 1 heterocycles. The summed E-state index contributed by atoms with van der Waals surface area (Å²) in [5, 5.41) is 8.64. The van der Waals surface area contributed by atoms with Gasteiger partial charge in [-0.15, -0.1) is 0 Å². The number of carbonyl (C=O) groups is 1. The summed E-state index contributed by atoms with van der Waals surface area (Å²) in [6, 6.07) is 4.18. The molecule has 0 bridgehead atoms. The smallest absolute Gasteiger partial charge is 0.311 e. The van der Waals surface area contributed by atoms with Gasteiger partial charge in [-0.3, -0.25) is 4.79 Å². The van der Waals surface area contributed by atoms with E-state index in [-0.39, 0.29) is 41.8 Å². The van der Waals surface area contributed by atoms with Gasteiger partial charge >= 0.3 is 5.97 Å². The Kier molecular flexibility index (Phi) is 4.07. The van der Waals surface area contributed by atoms with Crippen LogP contribution in [0.5, 0.6) is 0 Å². The number of fused-ring (bicyclic) bond motifs is 1. The normalized spacial score (nSPS) is 10.1. The summed E-state index contributed by atoms with van der Waals surface area (Å²) < 4.78 is 14.5. The second kappa shape index (κ2) is 4.95. The minimum Gasteiger partial charge on any atom is -0.481 e. The van der Waals surface area contributed by atoms with Crippen LogP contribution in [0.2, 0.25) is 0 Å². The summed E-state index contributed by atoms with van der Waals surface area (Å²) in [5.74, 6) is -0.885. The molecule has 0 fully saturated rings. The van der Waals surface area contributed by atoms with Gasteiger partial charge in [-0.05, 0) is 18.2 Å². The van der Waals surface area contributed by atoms with Gasteiger partial charge in [0.25, 0.3) is 0 Å². The van der Waals surface area contributed by atoms with Crippen LogP contribution in [0.3, 0.4) is 0 Å². The van der Waals surface area contributed by atoms with Crippen molar-refractivity contribution in [1.29, 1.82) is 0 Å². The predicted molar refractivity (Wildman–Crippen MR) is 57.8 cm³/mol. The van der Waals surface area contributed by atoms with Crippen LogP contribution in [0.15, 0.2) is 18.2 Å². The molecule has 0 saturated carbocycles. The summed E-state index contributed by atoms with van der Waals surface area (Å²) in [6.45, 7) is 0. The Morgan fingerprint density at radius 3 is 2.88 bits per heavy atom. The SMILES string of the molecule is Cn1c(CC(=O)O)nc2ccc(F)cc21.[Na]. The number of hydrogen-bond acceptors (Lipinski definition) is 2. The van der Waals surface area contributed by atoms with Gasteiger partial charge in [-0.25, -0.2) is 9.37 Å². The minimum absolute atomic E-state index is 0. The summed E-state index contributed by atoms with van der Waals surface area (Å²) in [5.41, 5.74) is 1.21. The van der Waals surface area contributed by atoms with Crippen LogP contribution < -0.4 is 0 Å². The second-order valence-electron chi connectivity index (χ2n) is 3.29. The fourth-order valence-electron chi connectivity index (χ4n) is 1.51. The molecule has 2 aromatic rings. The van der Waals surface area contributed by atoms with Crippen molar-refractivity contribution >= 4 is 46.6 Å². The first-order valence-electron chi connectivity index (χ1n) is 4.40. The van der Waals surface area contributed by atoms with Crippen molar-refractivity contribution in [3.05, 3.63) is 29.8 Å². The number of aliphatic carboxylic acids is 1. The fraction of sp³-hybridized carbons (Fsp3) is 0.200. The molecule has 0 aliphatic rings. The first kappa shape index (κ1) is 13.2. The average molecular weight is 231 g/mol. The molecule has 0 amide bonds. The van der Waals surface area contributed by atoms with Crippen LogP contribution in [0, 0.1) is 5.82 Å². The van der Waals surface area contributed by atoms with E-state index in [1.54, 1.807) is 11.6 Å². The van der Waals surface area contributed by atoms with Crippen LogP contribution in [-0.4, -0.2) is 50.2 Å². The summed E-state index contributed by atoms with van der Waals surface area (Å²) >= 11 is 0. The summed E-state index contributed by atoms with van der Waals surface area (Å²) in [4.78, 5) is 14.6. The maximum Gasteiger partial charge on any atom is 0.311 e. The fourth-order valence-corrected chi connectivity index (χ4v) is 1.51. The number of benzene rings is 1. The van der Waals surface area contributed by atoms with E-state index in [2.05, 4.69) is 4.98 Å². The summed E-state index contributed by atoms with van der Waals surface area (Å²) in [7, 11) is 1.67. The standard InChI is InChI=1S/C10H9FN2O2.Na/c1-13-8-4-6(11)2-3-7(8)12-9(13)5-10(14)15;/h2-4H,5H2,1H3,(H,14,15);. The first-order valence-corrected chi connectivity index (χ1v) is 4.40. The van der Waals surface area contributed by atoms with Crippen LogP contribution in [0.4, 0.5) is 4.39 Å². The van der Waals surface area contributed by atoms with Crippen molar-refractivity contribution in [1.82, 2.24) is 9.55 Å². The van der Waals surface area contributed by atoms with E-state index in [4.69, 9.17) is 5.11 Å². The van der Waals surface area contributed by atoms with Gasteiger partial charge in [-0.1, -0.05) is 0 Å². The number of rotatable bonds is 2. The van der Waals surface area contributed by atoms with Gasteiger partial charge in [0.1, 0.15) is 18.1 Å². The third-order valence-electron chi connectivity index (χ3n) is 2.24. The molecule has 0 spiro atoms. The molecule has 0 aliphatic heterocycles. The van der Waals surface area contributed by atoms with Crippen molar-refractivity contribution in [2.24, 2.45) is 7.05 Å². The Bertz CT molecular complexity index is 539. The molecule has 2 rings (SSSR count). The number of nitrogens with zero attached hydrogens (tertiary/aromatic N) is 2. The average Bonchev–Trinajstić information content (AvgIpc) is 2.44. The number of hydrogen-bond donors (Lipinski definition) is 1. The predicted octanol–water partition coefficient (Wildman–Crippen LogP) is 0.959. The monoisotopic (exact) mass is 231 g/mol. The Morgan fingerprint density at radius 2 is 2.25 bits per heavy atom. The van der Waals surface area contributed by atoms with Gasteiger partial charge < -0.3 is 9.67 Å². The molecule has 79 valence electrons. The van der Waals surface area contributed by atoms with Crippen LogP contribution >= 0.6 is 0 Å². The molecule has 0 saturated heterocycles. The zero-order valence-corrected chi connectivity index (χ0v) is 11.1. The molecule has 1 radical (unpaired) electrons. The molecule has 0 unspecified atom stereocenters. The zero-order valence-electron chi connectivity index (χ0n) is 9.07. The summed E-state index contributed by atoms with van der Waals surface area (Å²) in [6.07, 6.45) is -0.160. The molecule has 4 nitrogen and oxygen atoms in total. The number of imidazole rings is 1. The van der Waals surface area contributed by atoms with Crippen molar-refractivity contribution in [2.45, 2.75) is 6.42 Å². The molecule has 16 heavy (non-hydrogen) atoms. The van der Waals surface area contributed by atoms with E-state index in [1.807, 2.05) is 0 Å². The maximum atomic E-state index is 12.9. The van der Waals surface area contributed by atoms with E-state index in [1.165, 1.54) is 18.2 Å². The van der Waals surface area contributed by atoms with Crippen LogP contribution in [0.25, 0.3) is 11.0 Å².